The van der Waals surface area contributed by atoms with Crippen molar-refractivity contribution in [2.75, 3.05) is 5.32 Å². The molecule has 0 aliphatic carbocycles. The molecule has 76 valence electrons. The van der Waals surface area contributed by atoms with Crippen LogP contribution < -0.4 is 10.6 Å². The molecule has 0 atom stereocenters. The van der Waals surface area contributed by atoms with Crippen molar-refractivity contribution in [2.24, 2.45) is 0 Å². The maximum atomic E-state index is 5.72. The zero-order chi connectivity index (χ0) is 10.6. The molecule has 3 nitrogen and oxygen atoms in total. The van der Waals surface area contributed by atoms with Crippen molar-refractivity contribution < 1.29 is 0 Å². The summed E-state index contributed by atoms with van der Waals surface area (Å²) in [6, 6.07) is 3.84. The standard InChI is InChI=1S/C9H12ClN3S/c1-6(2)12-9(14)13-7-3-4-11-8(10)5-7/h3-6H,1-2H3,(H2,11,12,13,14). The van der Waals surface area contributed by atoms with Crippen LogP contribution in [0.25, 0.3) is 0 Å². The van der Waals surface area contributed by atoms with Crippen LogP contribution in [0.15, 0.2) is 18.3 Å². The quantitative estimate of drug-likeness (QED) is 0.604. The van der Waals surface area contributed by atoms with Gasteiger partial charge >= 0.3 is 0 Å². The van der Waals surface area contributed by atoms with Crippen molar-refractivity contribution in [1.29, 1.82) is 0 Å². The third kappa shape index (κ3) is 3.89. The van der Waals surface area contributed by atoms with Gasteiger partial charge in [0, 0.05) is 17.9 Å². The Labute approximate surface area is 93.9 Å². The van der Waals surface area contributed by atoms with Gasteiger partial charge in [-0.3, -0.25) is 0 Å². The molecule has 0 saturated carbocycles. The van der Waals surface area contributed by atoms with Crippen LogP contribution in [0.1, 0.15) is 13.8 Å². The molecule has 0 unspecified atom stereocenters. The summed E-state index contributed by atoms with van der Waals surface area (Å²) in [5, 5.41) is 7.11. The largest absolute Gasteiger partial charge is 0.360 e. The first-order chi connectivity index (χ1) is 6.58. The highest BCUT2D eigenvalue weighted by atomic mass is 35.5. The molecule has 14 heavy (non-hydrogen) atoms. The highest BCUT2D eigenvalue weighted by Gasteiger charge is 1.99. The number of halogens is 1. The summed E-state index contributed by atoms with van der Waals surface area (Å²) < 4.78 is 0. The summed E-state index contributed by atoms with van der Waals surface area (Å²) in [4.78, 5) is 3.87. The van der Waals surface area contributed by atoms with Crippen LogP contribution in [-0.4, -0.2) is 16.1 Å². The second-order valence-corrected chi connectivity index (χ2v) is 3.92. The summed E-state index contributed by atoms with van der Waals surface area (Å²) in [6.45, 7) is 4.04. The second kappa shape index (κ2) is 5.12. The first-order valence-electron chi connectivity index (χ1n) is 4.27. The molecular weight excluding hydrogens is 218 g/mol. The van der Waals surface area contributed by atoms with E-state index in [4.69, 9.17) is 23.8 Å². The van der Waals surface area contributed by atoms with E-state index < -0.39 is 0 Å². The Balaban J connectivity index is 2.56. The first-order valence-corrected chi connectivity index (χ1v) is 5.05. The lowest BCUT2D eigenvalue weighted by molar-refractivity contribution is 0.739. The molecule has 0 bridgehead atoms. The monoisotopic (exact) mass is 229 g/mol. The maximum absolute atomic E-state index is 5.72. The molecule has 0 saturated heterocycles. The van der Waals surface area contributed by atoms with Gasteiger partial charge in [-0.05, 0) is 38.2 Å². The van der Waals surface area contributed by atoms with Gasteiger partial charge in [-0.25, -0.2) is 4.98 Å². The van der Waals surface area contributed by atoms with Gasteiger partial charge in [-0.1, -0.05) is 11.6 Å². The van der Waals surface area contributed by atoms with E-state index in [9.17, 15) is 0 Å². The van der Waals surface area contributed by atoms with Crippen LogP contribution in [0.3, 0.4) is 0 Å². The predicted octanol–water partition coefficient (Wildman–Crippen LogP) is 2.43. The fraction of sp³-hybridized carbons (Fsp3) is 0.333. The van der Waals surface area contributed by atoms with Gasteiger partial charge < -0.3 is 10.6 Å². The minimum absolute atomic E-state index is 0.312. The van der Waals surface area contributed by atoms with Gasteiger partial charge in [0.15, 0.2) is 5.11 Å². The Hall–Kier alpha value is -0.870. The predicted molar refractivity (Wildman–Crippen MR) is 63.7 cm³/mol. The summed E-state index contributed by atoms with van der Waals surface area (Å²) in [5.41, 5.74) is 0.836. The molecule has 0 aromatic carbocycles. The van der Waals surface area contributed by atoms with E-state index >= 15 is 0 Å². The minimum atomic E-state index is 0.312. The topological polar surface area (TPSA) is 37.0 Å². The fourth-order valence-corrected chi connectivity index (χ4v) is 1.44. The number of pyridine rings is 1. The van der Waals surface area contributed by atoms with E-state index in [1.54, 1.807) is 18.3 Å². The van der Waals surface area contributed by atoms with Crippen LogP contribution in [0.2, 0.25) is 5.15 Å². The number of aromatic nitrogens is 1. The van der Waals surface area contributed by atoms with Crippen molar-refractivity contribution >= 4 is 34.6 Å². The normalized spacial score (nSPS) is 10.0. The number of nitrogens with one attached hydrogen (secondary N) is 2. The number of anilines is 1. The lowest BCUT2D eigenvalue weighted by Gasteiger charge is -2.12. The fourth-order valence-electron chi connectivity index (χ4n) is 0.910. The minimum Gasteiger partial charge on any atom is -0.360 e. The first kappa shape index (κ1) is 11.2. The highest BCUT2D eigenvalue weighted by molar-refractivity contribution is 7.80. The lowest BCUT2D eigenvalue weighted by atomic mass is 10.4. The smallest absolute Gasteiger partial charge is 0.170 e. The van der Waals surface area contributed by atoms with Crippen molar-refractivity contribution in [3.8, 4) is 0 Å². The molecule has 0 aliphatic rings. The molecular formula is C9H12ClN3S. The summed E-state index contributed by atoms with van der Waals surface area (Å²) in [7, 11) is 0. The average molecular weight is 230 g/mol. The Kier molecular flexibility index (Phi) is 4.10. The Bertz CT molecular complexity index is 328. The molecule has 2 N–H and O–H groups in total. The van der Waals surface area contributed by atoms with Crippen molar-refractivity contribution in [3.05, 3.63) is 23.5 Å². The van der Waals surface area contributed by atoms with Gasteiger partial charge in [0.05, 0.1) is 0 Å². The molecule has 1 aromatic rings. The van der Waals surface area contributed by atoms with Crippen LogP contribution in [0.5, 0.6) is 0 Å². The SMILES string of the molecule is CC(C)NC(=S)Nc1ccnc(Cl)c1. The van der Waals surface area contributed by atoms with E-state index in [2.05, 4.69) is 15.6 Å². The zero-order valence-corrected chi connectivity index (χ0v) is 9.62. The van der Waals surface area contributed by atoms with Crippen molar-refractivity contribution in [3.63, 3.8) is 0 Å². The number of rotatable bonds is 2. The molecule has 0 radical (unpaired) electrons. The molecule has 0 spiro atoms. The van der Waals surface area contributed by atoms with Gasteiger partial charge in [0.1, 0.15) is 5.15 Å². The molecule has 1 aromatic heterocycles. The van der Waals surface area contributed by atoms with Gasteiger partial charge in [-0.15, -0.1) is 0 Å². The van der Waals surface area contributed by atoms with Crippen LogP contribution in [0, 0.1) is 0 Å². The Morgan fingerprint density at radius 1 is 1.57 bits per heavy atom. The van der Waals surface area contributed by atoms with E-state index in [1.807, 2.05) is 13.8 Å². The van der Waals surface area contributed by atoms with Crippen molar-refractivity contribution in [2.45, 2.75) is 19.9 Å². The lowest BCUT2D eigenvalue weighted by Crippen LogP contribution is -2.33. The van der Waals surface area contributed by atoms with Crippen LogP contribution >= 0.6 is 23.8 Å². The molecule has 1 heterocycles. The Morgan fingerprint density at radius 2 is 2.29 bits per heavy atom. The highest BCUT2D eigenvalue weighted by Crippen LogP contribution is 2.11. The van der Waals surface area contributed by atoms with E-state index in [0.717, 1.165) is 5.69 Å². The van der Waals surface area contributed by atoms with Crippen molar-refractivity contribution in [1.82, 2.24) is 10.3 Å². The van der Waals surface area contributed by atoms with Gasteiger partial charge in [0.25, 0.3) is 0 Å². The number of thiocarbonyl (C=S) groups is 1. The van der Waals surface area contributed by atoms with E-state index in [-0.39, 0.29) is 0 Å². The summed E-state index contributed by atoms with van der Waals surface area (Å²) >= 11 is 10.8. The second-order valence-electron chi connectivity index (χ2n) is 3.12. The third-order valence-corrected chi connectivity index (χ3v) is 1.83. The summed E-state index contributed by atoms with van der Waals surface area (Å²) in [6.07, 6.45) is 1.63. The van der Waals surface area contributed by atoms with Crippen LogP contribution in [0.4, 0.5) is 5.69 Å². The van der Waals surface area contributed by atoms with E-state index in [0.29, 0.717) is 16.3 Å². The van der Waals surface area contributed by atoms with Gasteiger partial charge in [-0.2, -0.15) is 0 Å². The number of hydrogen-bond donors (Lipinski definition) is 2. The summed E-state index contributed by atoms with van der Waals surface area (Å²) in [5.74, 6) is 0. The van der Waals surface area contributed by atoms with Gasteiger partial charge in [0.2, 0.25) is 0 Å². The zero-order valence-electron chi connectivity index (χ0n) is 8.04. The Morgan fingerprint density at radius 3 is 2.86 bits per heavy atom. The molecule has 5 heteroatoms. The maximum Gasteiger partial charge on any atom is 0.170 e. The average Bonchev–Trinajstić information content (AvgIpc) is 2.01. The third-order valence-electron chi connectivity index (χ3n) is 1.40. The van der Waals surface area contributed by atoms with Crippen LogP contribution in [-0.2, 0) is 0 Å². The molecule has 1 rings (SSSR count). The molecule has 0 amide bonds. The molecule has 0 aliphatic heterocycles. The van der Waals surface area contributed by atoms with E-state index in [1.165, 1.54) is 0 Å². The number of nitrogens with zero attached hydrogens (tertiary/aromatic N) is 1. The molecule has 0 fully saturated rings. The number of hydrogen-bond acceptors (Lipinski definition) is 2.